The van der Waals surface area contributed by atoms with Gasteiger partial charge in [-0.05, 0) is 42.0 Å². The largest absolute Gasteiger partial charge is 0.416 e. The summed E-state index contributed by atoms with van der Waals surface area (Å²) in [6, 6.07) is 6.01. The molecule has 1 fully saturated rings. The van der Waals surface area contributed by atoms with Crippen LogP contribution in [0.1, 0.15) is 11.3 Å². The van der Waals surface area contributed by atoms with Crippen molar-refractivity contribution in [3.63, 3.8) is 0 Å². The highest BCUT2D eigenvalue weighted by Gasteiger charge is 2.31. The topological polar surface area (TPSA) is 141 Å². The van der Waals surface area contributed by atoms with Gasteiger partial charge in [0.2, 0.25) is 0 Å². The molecule has 2 aromatic heterocycles. The SMILES string of the molecule is Nc1ncnn2c(CN3CCS(O)(O)CC3)cc(-c3ccc(NC(=O)Nc4cc(C(F)(F)F)ccc4F)c(F)c3)c12. The summed E-state index contributed by atoms with van der Waals surface area (Å²) in [7, 11) is -2.57. The summed E-state index contributed by atoms with van der Waals surface area (Å²) < 4.78 is 89.3. The highest BCUT2D eigenvalue weighted by atomic mass is 32.3. The van der Waals surface area contributed by atoms with Crippen LogP contribution >= 0.6 is 10.6 Å². The Kier molecular flexibility index (Phi) is 7.50. The number of halogens is 5. The van der Waals surface area contributed by atoms with Crippen molar-refractivity contribution in [3.05, 3.63) is 71.7 Å². The number of benzene rings is 2. The minimum absolute atomic E-state index is 0.138. The van der Waals surface area contributed by atoms with E-state index in [-0.39, 0.29) is 23.0 Å². The highest BCUT2D eigenvalue weighted by molar-refractivity contribution is 8.24. The third-order valence-electron chi connectivity index (χ3n) is 6.58. The number of alkyl halides is 3. The number of nitrogen functional groups attached to an aromatic ring is 1. The Morgan fingerprint density at radius 1 is 1.00 bits per heavy atom. The second-order valence-electron chi connectivity index (χ2n) is 9.41. The van der Waals surface area contributed by atoms with E-state index >= 15 is 4.39 Å². The van der Waals surface area contributed by atoms with E-state index in [9.17, 15) is 31.5 Å². The van der Waals surface area contributed by atoms with Crippen LogP contribution in [-0.4, -0.2) is 59.2 Å². The molecule has 0 atom stereocenters. The molecule has 2 aromatic carbocycles. The Morgan fingerprint density at radius 2 is 1.71 bits per heavy atom. The van der Waals surface area contributed by atoms with Gasteiger partial charge in [0.15, 0.2) is 5.82 Å². The van der Waals surface area contributed by atoms with Crippen LogP contribution in [0.2, 0.25) is 0 Å². The molecule has 1 aliphatic heterocycles. The maximum atomic E-state index is 15.1. The maximum Gasteiger partial charge on any atom is 0.416 e. The van der Waals surface area contributed by atoms with Crippen molar-refractivity contribution in [2.24, 2.45) is 0 Å². The van der Waals surface area contributed by atoms with Crippen LogP contribution in [0.3, 0.4) is 0 Å². The number of carbonyl (C=O) groups excluding carboxylic acids is 1. The molecule has 218 valence electrons. The van der Waals surface area contributed by atoms with Gasteiger partial charge in [0.05, 0.1) is 34.1 Å². The summed E-state index contributed by atoms with van der Waals surface area (Å²) in [5.74, 6) is -1.32. The van der Waals surface area contributed by atoms with Crippen molar-refractivity contribution < 1.29 is 35.9 Å². The summed E-state index contributed by atoms with van der Waals surface area (Å²) in [6.45, 7) is 1.33. The molecular weight excluding hydrogens is 573 g/mol. The highest BCUT2D eigenvalue weighted by Crippen LogP contribution is 2.41. The number of nitrogens with one attached hydrogen (secondary N) is 2. The Bertz CT molecular complexity index is 1620. The standard InChI is InChI=1S/C25H24F5N7O3S/c26-18-3-2-15(25(28,29)30)10-21(18)35-24(38)34-20-4-1-14(9-19(20)27)17-11-16(37-22(17)23(31)32-13-33-37)12-36-5-7-41(39,40)8-6-36/h1-4,9-11,13,39-40H,5-8,12H2,(H2,31,32,33)(H2,34,35,38). The number of nitrogens with zero attached hydrogens (tertiary/aromatic N) is 4. The summed E-state index contributed by atoms with van der Waals surface area (Å²) in [5, 5.41) is 8.40. The lowest BCUT2D eigenvalue weighted by Gasteiger charge is -2.40. The number of urea groups is 1. The number of anilines is 3. The molecule has 5 rings (SSSR count). The monoisotopic (exact) mass is 597 g/mol. The fourth-order valence-electron chi connectivity index (χ4n) is 4.47. The Balaban J connectivity index is 1.37. The summed E-state index contributed by atoms with van der Waals surface area (Å²) in [6.07, 6.45) is -3.47. The van der Waals surface area contributed by atoms with Gasteiger partial charge in [-0.2, -0.15) is 28.9 Å². The fraction of sp³-hybridized carbons (Fsp3) is 0.240. The van der Waals surface area contributed by atoms with Crippen LogP contribution in [0.4, 0.5) is 43.9 Å². The summed E-state index contributed by atoms with van der Waals surface area (Å²) in [4.78, 5) is 18.4. The number of aromatic nitrogens is 3. The smallest absolute Gasteiger partial charge is 0.382 e. The number of hydrogen-bond acceptors (Lipinski definition) is 7. The van der Waals surface area contributed by atoms with Gasteiger partial charge in [-0.3, -0.25) is 14.0 Å². The zero-order valence-electron chi connectivity index (χ0n) is 21.1. The average Bonchev–Trinajstić information content (AvgIpc) is 3.26. The van der Waals surface area contributed by atoms with Gasteiger partial charge in [-0.15, -0.1) is 0 Å². The first-order valence-electron chi connectivity index (χ1n) is 12.1. The van der Waals surface area contributed by atoms with E-state index < -0.39 is 45.7 Å². The number of fused-ring (bicyclic) bond motifs is 1. The zero-order chi connectivity index (χ0) is 29.5. The Labute approximate surface area is 231 Å². The normalized spacial score (nSPS) is 16.5. The number of hydrogen-bond donors (Lipinski definition) is 5. The van der Waals surface area contributed by atoms with Crippen LogP contribution in [0.25, 0.3) is 16.6 Å². The molecule has 41 heavy (non-hydrogen) atoms. The molecule has 10 nitrogen and oxygen atoms in total. The van der Waals surface area contributed by atoms with Gasteiger partial charge < -0.3 is 16.4 Å². The predicted molar refractivity (Wildman–Crippen MR) is 145 cm³/mol. The average molecular weight is 598 g/mol. The Morgan fingerprint density at radius 3 is 2.39 bits per heavy atom. The maximum absolute atomic E-state index is 15.1. The van der Waals surface area contributed by atoms with Crippen LogP contribution < -0.4 is 16.4 Å². The molecule has 0 spiro atoms. The quantitative estimate of drug-likeness (QED) is 0.192. The van der Waals surface area contributed by atoms with Gasteiger partial charge in [-0.25, -0.2) is 23.1 Å². The minimum atomic E-state index is -4.75. The van der Waals surface area contributed by atoms with E-state index in [2.05, 4.69) is 15.4 Å². The number of rotatable bonds is 5. The van der Waals surface area contributed by atoms with E-state index in [1.165, 1.54) is 18.5 Å². The van der Waals surface area contributed by atoms with Crippen LogP contribution in [0.15, 0.2) is 48.8 Å². The Hall–Kier alpha value is -3.99. The van der Waals surface area contributed by atoms with Crippen molar-refractivity contribution in [3.8, 4) is 11.1 Å². The van der Waals surface area contributed by atoms with Gasteiger partial charge in [0.1, 0.15) is 23.5 Å². The van der Waals surface area contributed by atoms with Crippen LogP contribution in [0, 0.1) is 11.6 Å². The zero-order valence-corrected chi connectivity index (χ0v) is 21.9. The second-order valence-corrected chi connectivity index (χ2v) is 11.8. The number of amides is 2. The van der Waals surface area contributed by atoms with Crippen LogP contribution in [-0.2, 0) is 12.7 Å². The van der Waals surface area contributed by atoms with Gasteiger partial charge in [-0.1, -0.05) is 6.07 Å². The molecule has 6 N–H and O–H groups in total. The number of nitrogens with two attached hydrogens (primary N) is 1. The third kappa shape index (κ3) is 6.19. The number of carbonyl (C=O) groups is 1. The second kappa shape index (κ2) is 10.8. The molecular formula is C25H24F5N7O3S. The van der Waals surface area contributed by atoms with E-state index in [1.54, 1.807) is 10.6 Å². The lowest BCUT2D eigenvalue weighted by atomic mass is 10.1. The van der Waals surface area contributed by atoms with Gasteiger partial charge in [0.25, 0.3) is 0 Å². The lowest BCUT2D eigenvalue weighted by Crippen LogP contribution is -2.38. The van der Waals surface area contributed by atoms with Crippen molar-refractivity contribution >= 4 is 39.3 Å². The molecule has 4 aromatic rings. The molecule has 3 heterocycles. The van der Waals surface area contributed by atoms with Crippen LogP contribution in [0.5, 0.6) is 0 Å². The molecule has 16 heteroatoms. The van der Waals surface area contributed by atoms with Gasteiger partial charge >= 0.3 is 12.2 Å². The van der Waals surface area contributed by atoms with Crippen molar-refractivity contribution in [2.45, 2.75) is 12.7 Å². The van der Waals surface area contributed by atoms with E-state index in [1.807, 2.05) is 10.2 Å². The van der Waals surface area contributed by atoms with E-state index in [4.69, 9.17) is 5.73 Å². The van der Waals surface area contributed by atoms with Gasteiger partial charge in [0, 0.05) is 25.2 Å². The van der Waals surface area contributed by atoms with Crippen molar-refractivity contribution in [1.29, 1.82) is 0 Å². The van der Waals surface area contributed by atoms with E-state index in [0.717, 1.165) is 6.07 Å². The summed E-state index contributed by atoms with van der Waals surface area (Å²) >= 11 is 0. The molecule has 1 aliphatic rings. The fourth-order valence-corrected chi connectivity index (χ4v) is 5.78. The van der Waals surface area contributed by atoms with Crippen molar-refractivity contribution in [2.75, 3.05) is 41.0 Å². The van der Waals surface area contributed by atoms with E-state index in [0.29, 0.717) is 60.2 Å². The molecule has 0 radical (unpaired) electrons. The first-order chi connectivity index (χ1) is 19.3. The minimum Gasteiger partial charge on any atom is -0.382 e. The molecule has 1 saturated heterocycles. The first-order valence-corrected chi connectivity index (χ1v) is 14.0. The molecule has 0 aliphatic carbocycles. The molecule has 2 amide bonds. The van der Waals surface area contributed by atoms with Crippen molar-refractivity contribution in [1.82, 2.24) is 19.5 Å². The molecule has 0 unspecified atom stereocenters. The lowest BCUT2D eigenvalue weighted by molar-refractivity contribution is -0.137. The molecule has 0 saturated carbocycles. The first kappa shape index (κ1) is 28.5. The summed E-state index contributed by atoms with van der Waals surface area (Å²) in [5.41, 5.74) is 5.92. The third-order valence-corrected chi connectivity index (χ3v) is 8.25. The predicted octanol–water partition coefficient (Wildman–Crippen LogP) is 5.49. The molecule has 0 bridgehead atoms.